The Balaban J connectivity index is 1.84. The lowest BCUT2D eigenvalue weighted by Gasteiger charge is -2.16. The molecule has 2 aromatic carbocycles. The summed E-state index contributed by atoms with van der Waals surface area (Å²) in [5.74, 6) is 2.05. The first-order valence-corrected chi connectivity index (χ1v) is 9.29. The molecule has 0 aromatic heterocycles. The number of amides is 1. The van der Waals surface area contributed by atoms with Gasteiger partial charge >= 0.3 is 0 Å². The van der Waals surface area contributed by atoms with Gasteiger partial charge in [0.15, 0.2) is 11.5 Å². The van der Waals surface area contributed by atoms with Crippen LogP contribution in [0.2, 0.25) is 5.02 Å². The van der Waals surface area contributed by atoms with E-state index in [9.17, 15) is 4.79 Å². The Morgan fingerprint density at radius 1 is 1.12 bits per heavy atom. The molecule has 0 fully saturated rings. The highest BCUT2D eigenvalue weighted by Gasteiger charge is 2.12. The van der Waals surface area contributed by atoms with E-state index in [1.54, 1.807) is 26.0 Å². The third-order valence-electron chi connectivity index (χ3n) is 3.70. The van der Waals surface area contributed by atoms with Crippen molar-refractivity contribution in [1.29, 1.82) is 0 Å². The predicted octanol–water partition coefficient (Wildman–Crippen LogP) is 4.72. The normalized spacial score (nSPS) is 11.7. The quantitative estimate of drug-likeness (QED) is 0.674. The average Bonchev–Trinajstić information content (AvgIpc) is 2.62. The van der Waals surface area contributed by atoms with Crippen LogP contribution < -0.4 is 14.8 Å². The third kappa shape index (κ3) is 5.87. The van der Waals surface area contributed by atoms with Crippen LogP contribution in [-0.4, -0.2) is 25.9 Å². The van der Waals surface area contributed by atoms with Crippen molar-refractivity contribution in [2.45, 2.75) is 24.3 Å². The molecule has 6 heteroatoms. The van der Waals surface area contributed by atoms with Gasteiger partial charge in [0.1, 0.15) is 0 Å². The van der Waals surface area contributed by atoms with Crippen molar-refractivity contribution < 1.29 is 14.3 Å². The zero-order valence-electron chi connectivity index (χ0n) is 14.5. The predicted molar refractivity (Wildman–Crippen MR) is 103 cm³/mol. The number of hydrogen-bond acceptors (Lipinski definition) is 4. The molecule has 2 rings (SSSR count). The summed E-state index contributed by atoms with van der Waals surface area (Å²) in [6, 6.07) is 13.2. The number of thioether (sulfide) groups is 1. The van der Waals surface area contributed by atoms with E-state index in [0.29, 0.717) is 28.7 Å². The summed E-state index contributed by atoms with van der Waals surface area (Å²) < 4.78 is 10.5. The molecule has 2 aromatic rings. The number of carbonyl (C=O) groups excluding carboxylic acids is 1. The number of nitrogens with one attached hydrogen (secondary N) is 1. The highest BCUT2D eigenvalue weighted by molar-refractivity contribution is 7.99. The fourth-order valence-corrected chi connectivity index (χ4v) is 3.29. The lowest BCUT2D eigenvalue weighted by Crippen LogP contribution is -2.26. The Bertz CT molecular complexity index is 706. The van der Waals surface area contributed by atoms with Crippen molar-refractivity contribution in [2.75, 3.05) is 20.0 Å². The monoisotopic (exact) mass is 379 g/mol. The summed E-state index contributed by atoms with van der Waals surface area (Å²) in [5, 5.41) is 3.72. The lowest BCUT2D eigenvalue weighted by atomic mass is 10.1. The van der Waals surface area contributed by atoms with Crippen LogP contribution in [0.15, 0.2) is 47.4 Å². The summed E-state index contributed by atoms with van der Waals surface area (Å²) in [6.07, 6.45) is 0.449. The van der Waals surface area contributed by atoms with Crippen molar-refractivity contribution >= 4 is 29.3 Å². The van der Waals surface area contributed by atoms with Crippen molar-refractivity contribution in [2.24, 2.45) is 0 Å². The van der Waals surface area contributed by atoms with Crippen molar-refractivity contribution in [1.82, 2.24) is 5.32 Å². The number of halogens is 1. The maximum atomic E-state index is 12.1. The molecule has 0 saturated carbocycles. The second kappa shape index (κ2) is 9.59. The second-order valence-electron chi connectivity index (χ2n) is 5.46. The second-order valence-corrected chi connectivity index (χ2v) is 7.06. The number of carbonyl (C=O) groups is 1. The Morgan fingerprint density at radius 2 is 1.80 bits per heavy atom. The smallest absolute Gasteiger partial charge is 0.221 e. The molecule has 0 bridgehead atoms. The van der Waals surface area contributed by atoms with Gasteiger partial charge in [0.2, 0.25) is 5.91 Å². The van der Waals surface area contributed by atoms with Crippen LogP contribution in [0.4, 0.5) is 0 Å². The number of ether oxygens (including phenoxy) is 2. The van der Waals surface area contributed by atoms with Gasteiger partial charge in [0, 0.05) is 22.1 Å². The SMILES string of the molecule is COc1ccc([C@H](C)NC(=O)CCSc2ccc(Cl)cc2)cc1OC. The Morgan fingerprint density at radius 3 is 2.44 bits per heavy atom. The molecular formula is C19H22ClNO3S. The van der Waals surface area contributed by atoms with E-state index in [2.05, 4.69) is 5.32 Å². The molecule has 0 heterocycles. The molecule has 1 N–H and O–H groups in total. The van der Waals surface area contributed by atoms with Crippen molar-refractivity contribution in [3.05, 3.63) is 53.1 Å². The van der Waals surface area contributed by atoms with E-state index in [-0.39, 0.29) is 11.9 Å². The minimum absolute atomic E-state index is 0.0174. The molecule has 1 atom stereocenters. The van der Waals surface area contributed by atoms with E-state index in [1.165, 1.54) is 0 Å². The highest BCUT2D eigenvalue weighted by Crippen LogP contribution is 2.30. The molecule has 4 nitrogen and oxygen atoms in total. The molecule has 1 amide bonds. The molecular weight excluding hydrogens is 358 g/mol. The molecule has 0 radical (unpaired) electrons. The number of benzene rings is 2. The van der Waals surface area contributed by atoms with Crippen LogP contribution in [-0.2, 0) is 4.79 Å². The summed E-state index contributed by atoms with van der Waals surface area (Å²) >= 11 is 7.50. The van der Waals surface area contributed by atoms with Gasteiger partial charge in [-0.05, 0) is 48.9 Å². The van der Waals surface area contributed by atoms with Gasteiger partial charge in [0.25, 0.3) is 0 Å². The molecule has 134 valence electrons. The van der Waals surface area contributed by atoms with Gasteiger partial charge in [-0.15, -0.1) is 11.8 Å². The van der Waals surface area contributed by atoms with Crippen LogP contribution in [0.1, 0.15) is 24.9 Å². The third-order valence-corrected chi connectivity index (χ3v) is 4.96. The van der Waals surface area contributed by atoms with Crippen LogP contribution in [0.25, 0.3) is 0 Å². The van der Waals surface area contributed by atoms with Crippen LogP contribution in [0, 0.1) is 0 Å². The van der Waals surface area contributed by atoms with Crippen molar-refractivity contribution in [3.8, 4) is 11.5 Å². The lowest BCUT2D eigenvalue weighted by molar-refractivity contribution is -0.121. The fourth-order valence-electron chi connectivity index (χ4n) is 2.31. The standard InChI is InChI=1S/C19H22ClNO3S/c1-13(14-4-9-17(23-2)18(12-14)24-3)21-19(22)10-11-25-16-7-5-15(20)6-8-16/h4-9,12-13H,10-11H2,1-3H3,(H,21,22)/t13-/m0/s1. The summed E-state index contributed by atoms with van der Waals surface area (Å²) in [4.78, 5) is 13.2. The molecule has 0 aliphatic heterocycles. The van der Waals surface area contributed by atoms with Gasteiger partial charge in [-0.3, -0.25) is 4.79 Å². The van der Waals surface area contributed by atoms with E-state index in [0.717, 1.165) is 10.5 Å². The minimum atomic E-state index is -0.104. The zero-order valence-corrected chi connectivity index (χ0v) is 16.1. The zero-order chi connectivity index (χ0) is 18.2. The van der Waals surface area contributed by atoms with Crippen molar-refractivity contribution in [3.63, 3.8) is 0 Å². The molecule has 0 saturated heterocycles. The Kier molecular flexibility index (Phi) is 7.47. The largest absolute Gasteiger partial charge is 0.493 e. The van der Waals surface area contributed by atoms with E-state index < -0.39 is 0 Å². The number of rotatable bonds is 8. The highest BCUT2D eigenvalue weighted by atomic mass is 35.5. The molecule has 0 unspecified atom stereocenters. The van der Waals surface area contributed by atoms with E-state index in [1.807, 2.05) is 49.4 Å². The molecule has 0 aliphatic carbocycles. The average molecular weight is 380 g/mol. The van der Waals surface area contributed by atoms with Gasteiger partial charge in [-0.25, -0.2) is 0 Å². The van der Waals surface area contributed by atoms with Gasteiger partial charge in [0.05, 0.1) is 20.3 Å². The minimum Gasteiger partial charge on any atom is -0.493 e. The first-order valence-electron chi connectivity index (χ1n) is 7.93. The van der Waals surface area contributed by atoms with Crippen LogP contribution in [0.3, 0.4) is 0 Å². The van der Waals surface area contributed by atoms with Gasteiger partial charge in [-0.1, -0.05) is 17.7 Å². The Hall–Kier alpha value is -1.85. The first-order chi connectivity index (χ1) is 12.0. The topological polar surface area (TPSA) is 47.6 Å². The first kappa shape index (κ1) is 19.5. The van der Waals surface area contributed by atoms with Crippen LogP contribution >= 0.6 is 23.4 Å². The number of hydrogen-bond donors (Lipinski definition) is 1. The summed E-state index contributed by atoms with van der Waals surface area (Å²) in [6.45, 7) is 1.95. The summed E-state index contributed by atoms with van der Waals surface area (Å²) in [5.41, 5.74) is 0.969. The van der Waals surface area contributed by atoms with Gasteiger partial charge < -0.3 is 14.8 Å². The molecule has 0 spiro atoms. The van der Waals surface area contributed by atoms with E-state index in [4.69, 9.17) is 21.1 Å². The molecule has 0 aliphatic rings. The van der Waals surface area contributed by atoms with E-state index >= 15 is 0 Å². The maximum Gasteiger partial charge on any atom is 0.221 e. The number of methoxy groups -OCH3 is 2. The Labute approximate surface area is 157 Å². The summed E-state index contributed by atoms with van der Waals surface area (Å²) in [7, 11) is 3.19. The fraction of sp³-hybridized carbons (Fsp3) is 0.316. The molecule has 25 heavy (non-hydrogen) atoms. The van der Waals surface area contributed by atoms with Crippen LogP contribution in [0.5, 0.6) is 11.5 Å². The van der Waals surface area contributed by atoms with Gasteiger partial charge in [-0.2, -0.15) is 0 Å². The maximum absolute atomic E-state index is 12.1.